The van der Waals surface area contributed by atoms with Gasteiger partial charge in [0.05, 0.1) is 0 Å². The minimum absolute atomic E-state index is 0.0343. The fourth-order valence-electron chi connectivity index (χ4n) is 1.98. The number of aryl methyl sites for hydroxylation is 1. The number of para-hydroxylation sites is 1. The van der Waals surface area contributed by atoms with Crippen LogP contribution in [0, 0.1) is 6.92 Å². The second kappa shape index (κ2) is 7.96. The maximum Gasteiger partial charge on any atom is 0.342 e. The quantitative estimate of drug-likeness (QED) is 0.579. The molecule has 0 aliphatic rings. The molecule has 0 aliphatic heterocycles. The molecule has 0 unspecified atom stereocenters. The van der Waals surface area contributed by atoms with Crippen LogP contribution in [0.4, 0.5) is 0 Å². The Hall–Kier alpha value is -3.35. The van der Waals surface area contributed by atoms with E-state index in [0.29, 0.717) is 11.1 Å². The highest BCUT2D eigenvalue weighted by atomic mass is 16.5. The molecule has 3 N–H and O–H groups in total. The van der Waals surface area contributed by atoms with Gasteiger partial charge in [-0.1, -0.05) is 30.3 Å². The Morgan fingerprint density at radius 3 is 2.36 bits per heavy atom. The summed E-state index contributed by atoms with van der Waals surface area (Å²) >= 11 is 0. The fraction of sp³-hybridized carbons (Fsp3) is 0.167. The van der Waals surface area contributed by atoms with Crippen LogP contribution in [0.5, 0.6) is 5.75 Å². The average molecular weight is 342 g/mol. The number of ether oxygens (including phenoxy) is 1. The maximum absolute atomic E-state index is 12.0. The zero-order valence-electron chi connectivity index (χ0n) is 13.8. The standard InChI is InChI=1S/C18H18N2O5/c1-11-7-6-10-14(15(11)21)18(24)25-12(2)16(22)19-20-17(23)13-8-4-3-5-9-13/h3-10,12,21H,1-2H3,(H,19,22)(H,20,23)/t12-/m0/s1. The summed E-state index contributed by atoms with van der Waals surface area (Å²) in [5, 5.41) is 9.86. The highest BCUT2D eigenvalue weighted by Crippen LogP contribution is 2.22. The number of hydrogen-bond donors (Lipinski definition) is 3. The van der Waals surface area contributed by atoms with Crippen molar-refractivity contribution in [3.05, 3.63) is 65.2 Å². The van der Waals surface area contributed by atoms with Crippen LogP contribution in [0.25, 0.3) is 0 Å². The summed E-state index contributed by atoms with van der Waals surface area (Å²) in [6.07, 6.45) is -1.16. The molecule has 0 heterocycles. The number of phenolic OH excluding ortho intramolecular Hbond substituents is 1. The van der Waals surface area contributed by atoms with Crippen LogP contribution in [0.3, 0.4) is 0 Å². The fourth-order valence-corrected chi connectivity index (χ4v) is 1.98. The highest BCUT2D eigenvalue weighted by molar-refractivity contribution is 5.97. The number of carbonyl (C=O) groups excluding carboxylic acids is 3. The highest BCUT2D eigenvalue weighted by Gasteiger charge is 2.21. The Balaban J connectivity index is 1.91. The minimum atomic E-state index is -1.16. The Morgan fingerprint density at radius 1 is 1.00 bits per heavy atom. The van der Waals surface area contributed by atoms with E-state index in [1.165, 1.54) is 13.0 Å². The summed E-state index contributed by atoms with van der Waals surface area (Å²) in [6, 6.07) is 12.9. The van der Waals surface area contributed by atoms with Gasteiger partial charge in [-0.15, -0.1) is 0 Å². The lowest BCUT2D eigenvalue weighted by atomic mass is 10.1. The number of esters is 1. The summed E-state index contributed by atoms with van der Waals surface area (Å²) in [4.78, 5) is 35.8. The van der Waals surface area contributed by atoms with Gasteiger partial charge in [-0.05, 0) is 37.6 Å². The van der Waals surface area contributed by atoms with E-state index in [-0.39, 0.29) is 11.3 Å². The van der Waals surface area contributed by atoms with Gasteiger partial charge in [0, 0.05) is 5.56 Å². The first-order valence-corrected chi connectivity index (χ1v) is 7.55. The summed E-state index contributed by atoms with van der Waals surface area (Å²) < 4.78 is 5.01. The molecule has 0 spiro atoms. The molecule has 0 radical (unpaired) electrons. The Morgan fingerprint density at radius 2 is 1.68 bits per heavy atom. The molecular weight excluding hydrogens is 324 g/mol. The van der Waals surface area contributed by atoms with Gasteiger partial charge in [0.15, 0.2) is 6.10 Å². The lowest BCUT2D eigenvalue weighted by molar-refractivity contribution is -0.129. The SMILES string of the molecule is Cc1cccc(C(=O)O[C@@H](C)C(=O)NNC(=O)c2ccccc2)c1O. The van der Waals surface area contributed by atoms with Gasteiger partial charge >= 0.3 is 5.97 Å². The molecule has 0 aliphatic carbocycles. The van der Waals surface area contributed by atoms with Crippen LogP contribution >= 0.6 is 0 Å². The van der Waals surface area contributed by atoms with Gasteiger partial charge in [0.2, 0.25) is 0 Å². The molecule has 0 saturated heterocycles. The Kier molecular flexibility index (Phi) is 5.73. The number of hydrogen-bond acceptors (Lipinski definition) is 5. The van der Waals surface area contributed by atoms with Gasteiger partial charge in [-0.3, -0.25) is 20.4 Å². The predicted molar refractivity (Wildman–Crippen MR) is 89.8 cm³/mol. The van der Waals surface area contributed by atoms with Gasteiger partial charge < -0.3 is 9.84 Å². The summed E-state index contributed by atoms with van der Waals surface area (Å²) in [6.45, 7) is 3.00. The summed E-state index contributed by atoms with van der Waals surface area (Å²) in [5.41, 5.74) is 5.27. The van der Waals surface area contributed by atoms with Crippen molar-refractivity contribution in [3.63, 3.8) is 0 Å². The number of rotatable bonds is 4. The largest absolute Gasteiger partial charge is 0.507 e. The number of nitrogens with one attached hydrogen (secondary N) is 2. The first-order chi connectivity index (χ1) is 11.9. The molecule has 0 aromatic heterocycles. The first-order valence-electron chi connectivity index (χ1n) is 7.55. The van der Waals surface area contributed by atoms with Crippen LogP contribution < -0.4 is 10.9 Å². The van der Waals surface area contributed by atoms with E-state index in [9.17, 15) is 19.5 Å². The molecule has 0 fully saturated rings. The Bertz CT molecular complexity index is 789. The van der Waals surface area contributed by atoms with Crippen LogP contribution in [0.2, 0.25) is 0 Å². The molecule has 2 aromatic rings. The first kappa shape index (κ1) is 18.0. The molecule has 130 valence electrons. The molecule has 7 heteroatoms. The molecule has 2 aromatic carbocycles. The van der Waals surface area contributed by atoms with Crippen molar-refractivity contribution in [1.29, 1.82) is 0 Å². The third kappa shape index (κ3) is 4.57. The molecule has 2 rings (SSSR count). The van der Waals surface area contributed by atoms with Crippen molar-refractivity contribution in [1.82, 2.24) is 10.9 Å². The van der Waals surface area contributed by atoms with Crippen molar-refractivity contribution in [2.24, 2.45) is 0 Å². The molecule has 2 amide bonds. The van der Waals surface area contributed by atoms with Crippen LogP contribution in [-0.2, 0) is 9.53 Å². The number of carbonyl (C=O) groups is 3. The number of benzene rings is 2. The monoisotopic (exact) mass is 342 g/mol. The molecule has 1 atom stereocenters. The van der Waals surface area contributed by atoms with Crippen LogP contribution in [0.15, 0.2) is 48.5 Å². The molecular formula is C18H18N2O5. The van der Waals surface area contributed by atoms with Crippen molar-refractivity contribution in [3.8, 4) is 5.75 Å². The predicted octanol–water partition coefficient (Wildman–Crippen LogP) is 1.71. The van der Waals surface area contributed by atoms with E-state index < -0.39 is 23.9 Å². The van der Waals surface area contributed by atoms with Crippen molar-refractivity contribution >= 4 is 17.8 Å². The molecule has 0 saturated carbocycles. The zero-order valence-corrected chi connectivity index (χ0v) is 13.8. The smallest absolute Gasteiger partial charge is 0.342 e. The van der Waals surface area contributed by atoms with Crippen molar-refractivity contribution in [2.75, 3.05) is 0 Å². The zero-order chi connectivity index (χ0) is 18.4. The lowest BCUT2D eigenvalue weighted by Crippen LogP contribution is -2.46. The van der Waals surface area contributed by atoms with Crippen LogP contribution in [-0.4, -0.2) is 29.0 Å². The summed E-state index contributed by atoms with van der Waals surface area (Å²) in [7, 11) is 0. The topological polar surface area (TPSA) is 105 Å². The summed E-state index contributed by atoms with van der Waals surface area (Å²) in [5.74, 6) is -2.23. The lowest BCUT2D eigenvalue weighted by Gasteiger charge is -2.15. The van der Waals surface area contributed by atoms with Crippen molar-refractivity contribution < 1.29 is 24.2 Å². The van der Waals surface area contributed by atoms with Crippen LogP contribution in [0.1, 0.15) is 33.2 Å². The Labute approximate surface area is 144 Å². The van der Waals surface area contributed by atoms with Gasteiger partial charge in [0.1, 0.15) is 11.3 Å². The van der Waals surface area contributed by atoms with E-state index in [1.807, 2.05) is 0 Å². The average Bonchev–Trinajstić information content (AvgIpc) is 2.62. The van der Waals surface area contributed by atoms with Crippen molar-refractivity contribution in [2.45, 2.75) is 20.0 Å². The molecule has 25 heavy (non-hydrogen) atoms. The van der Waals surface area contributed by atoms with Gasteiger partial charge in [-0.2, -0.15) is 0 Å². The van der Waals surface area contributed by atoms with E-state index in [2.05, 4.69) is 10.9 Å². The number of amides is 2. The molecule has 7 nitrogen and oxygen atoms in total. The van der Waals surface area contributed by atoms with Gasteiger partial charge in [0.25, 0.3) is 11.8 Å². The number of hydrazine groups is 1. The van der Waals surface area contributed by atoms with E-state index in [4.69, 9.17) is 4.74 Å². The normalized spacial score (nSPS) is 11.3. The maximum atomic E-state index is 12.0. The number of phenols is 1. The second-order valence-corrected chi connectivity index (χ2v) is 5.33. The second-order valence-electron chi connectivity index (χ2n) is 5.33. The van der Waals surface area contributed by atoms with E-state index >= 15 is 0 Å². The number of aromatic hydroxyl groups is 1. The van der Waals surface area contributed by atoms with E-state index in [0.717, 1.165) is 0 Å². The molecule has 0 bridgehead atoms. The van der Waals surface area contributed by atoms with Gasteiger partial charge in [-0.25, -0.2) is 4.79 Å². The third-order valence-corrected chi connectivity index (χ3v) is 3.45. The minimum Gasteiger partial charge on any atom is -0.507 e. The third-order valence-electron chi connectivity index (χ3n) is 3.45. The van der Waals surface area contributed by atoms with E-state index in [1.54, 1.807) is 49.4 Å².